The van der Waals surface area contributed by atoms with E-state index in [-0.39, 0.29) is 38.5 Å². The quantitative estimate of drug-likeness (QED) is 0.416. The van der Waals surface area contributed by atoms with E-state index in [4.69, 9.17) is 11.2 Å². The maximum Gasteiger partial charge on any atom is 0.515 e. The van der Waals surface area contributed by atoms with Gasteiger partial charge in [0.25, 0.3) is 6.17 Å². The van der Waals surface area contributed by atoms with Gasteiger partial charge in [0.15, 0.2) is 0 Å². The number of hydroxylamine groups is 3. The third-order valence-corrected chi connectivity index (χ3v) is 6.18. The topological polar surface area (TPSA) is 109 Å². The minimum atomic E-state index is -1.60. The molecule has 1 aliphatic carbocycles. The number of hydrogen-bond donors (Lipinski definition) is 1. The number of rotatable bonds is 4. The average Bonchev–Trinajstić information content (AvgIpc) is 3.16. The van der Waals surface area contributed by atoms with Crippen LogP contribution in [0.2, 0.25) is 0 Å². The molecule has 1 N–H and O–H groups in total. The predicted octanol–water partition coefficient (Wildman–Crippen LogP) is 1.08. The lowest BCUT2D eigenvalue weighted by molar-refractivity contribution is -0.840. The lowest BCUT2D eigenvalue weighted by atomic mass is 9.91. The van der Waals surface area contributed by atoms with Gasteiger partial charge in [-0.15, -0.1) is 6.42 Å². The first-order valence-electron chi connectivity index (χ1n) is 10.1. The highest BCUT2D eigenvalue weighted by Crippen LogP contribution is 2.33. The largest absolute Gasteiger partial charge is 0.621 e. The number of terminal acetylenes is 1. The Kier molecular flexibility index (Phi) is 5.51. The molecule has 0 bridgehead atoms. The Morgan fingerprint density at radius 3 is 2.83 bits per heavy atom. The molecule has 10 heteroatoms. The van der Waals surface area contributed by atoms with Crippen LogP contribution in [0, 0.1) is 17.6 Å². The molecule has 1 saturated carbocycles. The molecule has 30 heavy (non-hydrogen) atoms. The summed E-state index contributed by atoms with van der Waals surface area (Å²) in [7, 11) is 0. The van der Waals surface area contributed by atoms with Crippen LogP contribution in [-0.2, 0) is 9.53 Å². The summed E-state index contributed by atoms with van der Waals surface area (Å²) in [5.41, 5.74) is 0.713. The van der Waals surface area contributed by atoms with E-state index in [0.29, 0.717) is 5.70 Å². The van der Waals surface area contributed by atoms with Gasteiger partial charge in [0, 0.05) is 24.6 Å². The van der Waals surface area contributed by atoms with Crippen LogP contribution >= 0.6 is 0 Å². The van der Waals surface area contributed by atoms with Gasteiger partial charge in [-0.25, -0.2) is 4.65 Å². The minimum Gasteiger partial charge on any atom is -0.621 e. The zero-order valence-electron chi connectivity index (χ0n) is 16.6. The molecule has 2 atom stereocenters. The third-order valence-electron chi connectivity index (χ3n) is 6.18. The number of ether oxygens (including phenoxy) is 1. The molecule has 10 nitrogen and oxygen atoms in total. The highest BCUT2D eigenvalue weighted by molar-refractivity contribution is 5.84. The fourth-order valence-electron chi connectivity index (χ4n) is 4.62. The van der Waals surface area contributed by atoms with Gasteiger partial charge in [0.2, 0.25) is 0 Å². The molecule has 0 spiro atoms. The summed E-state index contributed by atoms with van der Waals surface area (Å²) in [6, 6.07) is -0.0347. The molecule has 0 aromatic rings. The van der Waals surface area contributed by atoms with E-state index in [1.165, 1.54) is 4.90 Å². The van der Waals surface area contributed by atoms with Gasteiger partial charge in [-0.3, -0.25) is 9.79 Å². The number of aliphatic imine (C=N–C) groups is 1. The van der Waals surface area contributed by atoms with Gasteiger partial charge in [0.1, 0.15) is 19.8 Å². The zero-order valence-corrected chi connectivity index (χ0v) is 16.6. The Hall–Kier alpha value is -2.87. The second-order valence-corrected chi connectivity index (χ2v) is 7.91. The van der Waals surface area contributed by atoms with Crippen molar-refractivity contribution in [3.05, 3.63) is 29.5 Å². The van der Waals surface area contributed by atoms with E-state index in [2.05, 4.69) is 10.9 Å². The van der Waals surface area contributed by atoms with Crippen LogP contribution < -0.4 is 0 Å². The molecule has 3 aliphatic heterocycles. The number of carbonyl (C=O) groups is 2. The fraction of sp³-hybridized carbons (Fsp3) is 0.550. The number of allylic oxidation sites excluding steroid dienone is 1. The Morgan fingerprint density at radius 1 is 1.40 bits per heavy atom. The summed E-state index contributed by atoms with van der Waals surface area (Å²) in [5.74, 6) is 2.03. The lowest BCUT2D eigenvalue weighted by Crippen LogP contribution is -2.72. The second-order valence-electron chi connectivity index (χ2n) is 7.91. The van der Waals surface area contributed by atoms with E-state index in [9.17, 15) is 19.9 Å². The Morgan fingerprint density at radius 2 is 2.17 bits per heavy atom. The summed E-state index contributed by atoms with van der Waals surface area (Å²) in [6.07, 6.45) is 12.0. The second kappa shape index (κ2) is 8.10. The number of nitrogens with zero attached hydrogens (tertiary/aromatic N) is 5. The molecular formula is C20H25N5O5. The van der Waals surface area contributed by atoms with Crippen LogP contribution in [0.15, 0.2) is 29.3 Å². The number of carbonyl (C=O) groups excluding carboxylic acids is 1. The summed E-state index contributed by atoms with van der Waals surface area (Å²) >= 11 is 0. The van der Waals surface area contributed by atoms with Crippen molar-refractivity contribution in [3.63, 3.8) is 0 Å². The van der Waals surface area contributed by atoms with Crippen LogP contribution in [0.25, 0.3) is 0 Å². The summed E-state index contributed by atoms with van der Waals surface area (Å²) in [4.78, 5) is 34.4. The normalized spacial score (nSPS) is 33.3. The smallest absolute Gasteiger partial charge is 0.515 e. The molecule has 0 aromatic carbocycles. The highest BCUT2D eigenvalue weighted by atomic mass is 16.6. The zero-order chi connectivity index (χ0) is 21.3. The van der Waals surface area contributed by atoms with Crippen LogP contribution in [-0.4, -0.2) is 87.3 Å². The Balaban J connectivity index is 1.52. The van der Waals surface area contributed by atoms with Gasteiger partial charge in [0.05, 0.1) is 24.6 Å². The molecule has 4 aliphatic rings. The minimum absolute atomic E-state index is 0.0347. The molecular weight excluding hydrogens is 390 g/mol. The number of amides is 2. The standard InChI is InChI=1S/C20H25N5O5/c1-2-11-30-17-5-3-15(4-6-17)24-9-10-25(29,20(27)28)18(19(24)26)23-13-16-12-21-7-8-22(16)14-23/h1,7-8,12-13,15,17-18H,3-6,9-11,14H2,(H,27,28)/t15?,17?,18?,25-/m0/s1. The van der Waals surface area contributed by atoms with Crippen LogP contribution in [0.1, 0.15) is 25.7 Å². The SMILES string of the molecule is C#CCOC1CCC(N2CC[N@@+]([O-])(C(=O)O)C(N3C=C4C=NC=CN4C3)C2=O)CC1. The lowest BCUT2D eigenvalue weighted by Gasteiger charge is -2.52. The van der Waals surface area contributed by atoms with Gasteiger partial charge < -0.3 is 29.8 Å². The first-order valence-corrected chi connectivity index (χ1v) is 10.1. The van der Waals surface area contributed by atoms with E-state index in [1.54, 1.807) is 29.7 Å². The van der Waals surface area contributed by atoms with E-state index in [1.807, 2.05) is 4.90 Å². The van der Waals surface area contributed by atoms with Crippen LogP contribution in [0.5, 0.6) is 0 Å². The molecule has 0 aromatic heterocycles. The summed E-state index contributed by atoms with van der Waals surface area (Å²) in [6.45, 7) is 0.432. The Labute approximate surface area is 174 Å². The molecule has 1 saturated heterocycles. The maximum absolute atomic E-state index is 13.4. The summed E-state index contributed by atoms with van der Waals surface area (Å²) in [5, 5.41) is 22.9. The number of hydrogen-bond acceptors (Lipinski definition) is 7. The summed E-state index contributed by atoms with van der Waals surface area (Å²) < 4.78 is 4.00. The molecule has 4 rings (SSSR count). The van der Waals surface area contributed by atoms with Crippen LogP contribution in [0.4, 0.5) is 4.79 Å². The van der Waals surface area contributed by atoms with E-state index < -0.39 is 22.8 Å². The van der Waals surface area contributed by atoms with Crippen molar-refractivity contribution in [2.75, 3.05) is 26.4 Å². The van der Waals surface area contributed by atoms with Gasteiger partial charge in [-0.05, 0) is 25.7 Å². The molecule has 3 heterocycles. The Bertz CT molecular complexity index is 841. The van der Waals surface area contributed by atoms with E-state index in [0.717, 1.165) is 25.7 Å². The van der Waals surface area contributed by atoms with E-state index >= 15 is 0 Å². The predicted molar refractivity (Wildman–Crippen MR) is 107 cm³/mol. The highest BCUT2D eigenvalue weighted by Gasteiger charge is 2.53. The van der Waals surface area contributed by atoms with Crippen molar-refractivity contribution in [1.82, 2.24) is 14.7 Å². The number of fused-ring (bicyclic) bond motifs is 1. The van der Waals surface area contributed by atoms with Gasteiger partial charge in [-0.1, -0.05) is 5.92 Å². The first kappa shape index (κ1) is 20.4. The fourth-order valence-corrected chi connectivity index (χ4v) is 4.62. The van der Waals surface area contributed by atoms with Crippen molar-refractivity contribution in [1.29, 1.82) is 0 Å². The molecule has 2 amide bonds. The molecule has 0 radical (unpaired) electrons. The molecule has 1 unspecified atom stereocenters. The molecule has 2 fully saturated rings. The van der Waals surface area contributed by atoms with Crippen molar-refractivity contribution < 1.29 is 24.1 Å². The average molecular weight is 415 g/mol. The third kappa shape index (κ3) is 3.56. The van der Waals surface area contributed by atoms with Crippen molar-refractivity contribution >= 4 is 18.2 Å². The van der Waals surface area contributed by atoms with Gasteiger partial charge in [-0.2, -0.15) is 4.79 Å². The van der Waals surface area contributed by atoms with Crippen molar-refractivity contribution in [2.24, 2.45) is 4.99 Å². The first-order chi connectivity index (χ1) is 14.4. The maximum atomic E-state index is 13.4. The molecule has 160 valence electrons. The van der Waals surface area contributed by atoms with Crippen LogP contribution in [0.3, 0.4) is 0 Å². The number of piperazine rings is 1. The van der Waals surface area contributed by atoms with Gasteiger partial charge >= 0.3 is 12.0 Å². The number of carboxylic acid groups (broad SMARTS) is 1. The number of quaternary nitrogens is 1. The monoisotopic (exact) mass is 415 g/mol. The van der Waals surface area contributed by atoms with Crippen molar-refractivity contribution in [2.45, 2.75) is 44.0 Å². The van der Waals surface area contributed by atoms with Crippen molar-refractivity contribution in [3.8, 4) is 12.3 Å².